The molecule has 1 heteroatoms. The molecule has 1 rings (SSSR count). The second-order valence-electron chi connectivity index (χ2n) is 5.58. The molecule has 0 N–H and O–H groups in total. The zero-order chi connectivity index (χ0) is 14.1. The van der Waals surface area contributed by atoms with Crippen LogP contribution in [-0.2, 0) is 19.3 Å². The van der Waals surface area contributed by atoms with Gasteiger partial charge in [0.1, 0.15) is 7.85 Å². The average Bonchev–Trinajstić information content (AvgIpc) is 2.42. The Balaban J connectivity index is 3.00. The summed E-state index contributed by atoms with van der Waals surface area (Å²) in [6.45, 7) is 6.79. The van der Waals surface area contributed by atoms with E-state index in [9.17, 15) is 0 Å². The van der Waals surface area contributed by atoms with Crippen LogP contribution in [0.3, 0.4) is 0 Å². The summed E-state index contributed by atoms with van der Waals surface area (Å²) >= 11 is 0. The summed E-state index contributed by atoms with van der Waals surface area (Å²) in [6.07, 6.45) is 11.2. The lowest BCUT2D eigenvalue weighted by Crippen LogP contribution is -2.16. The molecule has 0 saturated carbocycles. The molecule has 0 heterocycles. The van der Waals surface area contributed by atoms with E-state index in [1.165, 1.54) is 56.9 Å². The third-order valence-electron chi connectivity index (χ3n) is 3.92. The summed E-state index contributed by atoms with van der Waals surface area (Å²) in [6, 6.07) is 4.40. The lowest BCUT2D eigenvalue weighted by Gasteiger charge is -2.18. The molecule has 1 aromatic carbocycles. The van der Waals surface area contributed by atoms with Crippen molar-refractivity contribution in [3.8, 4) is 0 Å². The number of hydrogen-bond donors (Lipinski definition) is 0. The van der Waals surface area contributed by atoms with Gasteiger partial charge in [0.15, 0.2) is 0 Å². The van der Waals surface area contributed by atoms with E-state index in [2.05, 4.69) is 32.9 Å². The van der Waals surface area contributed by atoms with Gasteiger partial charge in [-0.3, -0.25) is 0 Å². The highest BCUT2D eigenvalue weighted by Gasteiger charge is 2.10. The standard InChI is InChI=1S/C18H29B/c1-4-7-10-15-13-14-18(19)17(12-9-6-3)16(15)11-8-5-2/h13-14H,4-12H2,1-3H3. The predicted molar refractivity (Wildman–Crippen MR) is 87.7 cm³/mol. The summed E-state index contributed by atoms with van der Waals surface area (Å²) < 4.78 is 0. The van der Waals surface area contributed by atoms with Crippen molar-refractivity contribution >= 4 is 13.3 Å². The van der Waals surface area contributed by atoms with Crippen LogP contribution < -0.4 is 5.46 Å². The maximum atomic E-state index is 6.23. The van der Waals surface area contributed by atoms with Gasteiger partial charge in [-0.05, 0) is 49.7 Å². The molecule has 0 aliphatic rings. The van der Waals surface area contributed by atoms with Crippen molar-refractivity contribution in [1.82, 2.24) is 0 Å². The van der Waals surface area contributed by atoms with E-state index in [4.69, 9.17) is 7.85 Å². The molecule has 0 nitrogen and oxygen atoms in total. The van der Waals surface area contributed by atoms with Gasteiger partial charge in [0.25, 0.3) is 0 Å². The topological polar surface area (TPSA) is 0 Å². The highest BCUT2D eigenvalue weighted by atomic mass is 14.1. The molecular weight excluding hydrogens is 227 g/mol. The highest BCUT2D eigenvalue weighted by Crippen LogP contribution is 2.20. The molecule has 0 spiro atoms. The Morgan fingerprint density at radius 2 is 1.26 bits per heavy atom. The number of aryl methyl sites for hydroxylation is 1. The molecule has 0 aliphatic carbocycles. The van der Waals surface area contributed by atoms with Gasteiger partial charge in [-0.25, -0.2) is 0 Å². The molecule has 19 heavy (non-hydrogen) atoms. The molecule has 104 valence electrons. The maximum absolute atomic E-state index is 6.23. The summed E-state index contributed by atoms with van der Waals surface area (Å²) in [4.78, 5) is 0. The third-order valence-corrected chi connectivity index (χ3v) is 3.92. The summed E-state index contributed by atoms with van der Waals surface area (Å²) in [7, 11) is 6.23. The molecule has 0 unspecified atom stereocenters. The Bertz CT molecular complexity index is 368. The van der Waals surface area contributed by atoms with E-state index in [0.29, 0.717) is 0 Å². The Morgan fingerprint density at radius 1 is 0.737 bits per heavy atom. The molecule has 0 aromatic heterocycles. The Morgan fingerprint density at radius 3 is 1.84 bits per heavy atom. The fourth-order valence-electron chi connectivity index (χ4n) is 2.67. The SMILES string of the molecule is [B]c1ccc(CCCC)c(CCCC)c1CCCC. The van der Waals surface area contributed by atoms with E-state index >= 15 is 0 Å². The van der Waals surface area contributed by atoms with E-state index in [-0.39, 0.29) is 0 Å². The lowest BCUT2D eigenvalue weighted by molar-refractivity contribution is 0.737. The van der Waals surface area contributed by atoms with Crippen LogP contribution in [0.4, 0.5) is 0 Å². The zero-order valence-electron chi connectivity index (χ0n) is 13.1. The number of hydrogen-bond acceptors (Lipinski definition) is 0. The van der Waals surface area contributed by atoms with Gasteiger partial charge in [-0.15, -0.1) is 0 Å². The van der Waals surface area contributed by atoms with Crippen LogP contribution in [0.15, 0.2) is 12.1 Å². The van der Waals surface area contributed by atoms with Crippen LogP contribution in [0.5, 0.6) is 0 Å². The van der Waals surface area contributed by atoms with Gasteiger partial charge in [-0.2, -0.15) is 0 Å². The van der Waals surface area contributed by atoms with Crippen molar-refractivity contribution in [1.29, 1.82) is 0 Å². The van der Waals surface area contributed by atoms with Gasteiger partial charge >= 0.3 is 0 Å². The first-order chi connectivity index (χ1) is 9.24. The quantitative estimate of drug-likeness (QED) is 0.570. The van der Waals surface area contributed by atoms with Gasteiger partial charge in [-0.1, -0.05) is 63.2 Å². The Labute approximate surface area is 121 Å². The first kappa shape index (κ1) is 16.3. The van der Waals surface area contributed by atoms with Gasteiger partial charge in [0, 0.05) is 0 Å². The largest absolute Gasteiger partial charge is 0.114 e. The third kappa shape index (κ3) is 5.05. The predicted octanol–water partition coefficient (Wildman–Crippen LogP) is 4.51. The normalized spacial score (nSPS) is 10.9. The van der Waals surface area contributed by atoms with Crippen molar-refractivity contribution < 1.29 is 0 Å². The fourth-order valence-corrected chi connectivity index (χ4v) is 2.67. The average molecular weight is 256 g/mol. The first-order valence-electron chi connectivity index (χ1n) is 8.13. The van der Waals surface area contributed by atoms with E-state index in [0.717, 1.165) is 11.9 Å². The zero-order valence-corrected chi connectivity index (χ0v) is 13.1. The molecule has 0 aliphatic heterocycles. The second kappa shape index (κ2) is 9.23. The summed E-state index contributed by atoms with van der Waals surface area (Å²) in [5, 5.41) is 0. The van der Waals surface area contributed by atoms with Gasteiger partial charge in [0.2, 0.25) is 0 Å². The van der Waals surface area contributed by atoms with Crippen LogP contribution in [0.2, 0.25) is 0 Å². The minimum Gasteiger partial charge on any atom is -0.0932 e. The molecule has 0 bridgehead atoms. The smallest absolute Gasteiger partial charge is 0.0932 e. The van der Waals surface area contributed by atoms with Crippen LogP contribution in [-0.4, -0.2) is 7.85 Å². The number of benzene rings is 1. The molecular formula is C18H29B. The second-order valence-corrected chi connectivity index (χ2v) is 5.58. The molecule has 1 aromatic rings. The summed E-state index contributed by atoms with van der Waals surface area (Å²) in [5.41, 5.74) is 5.59. The molecule has 0 amide bonds. The van der Waals surface area contributed by atoms with E-state index in [1.807, 2.05) is 0 Å². The number of rotatable bonds is 9. The Kier molecular flexibility index (Phi) is 7.94. The highest BCUT2D eigenvalue weighted by molar-refractivity contribution is 6.33. The van der Waals surface area contributed by atoms with Crippen LogP contribution in [0.1, 0.15) is 76.0 Å². The molecule has 0 saturated heterocycles. The summed E-state index contributed by atoms with van der Waals surface area (Å²) in [5.74, 6) is 0. The number of unbranched alkanes of at least 4 members (excludes halogenated alkanes) is 3. The van der Waals surface area contributed by atoms with Crippen molar-refractivity contribution in [3.63, 3.8) is 0 Å². The minimum absolute atomic E-state index is 1.01. The molecule has 0 atom stereocenters. The van der Waals surface area contributed by atoms with Crippen molar-refractivity contribution in [2.45, 2.75) is 78.6 Å². The van der Waals surface area contributed by atoms with E-state index in [1.54, 1.807) is 11.1 Å². The molecule has 2 radical (unpaired) electrons. The monoisotopic (exact) mass is 256 g/mol. The van der Waals surface area contributed by atoms with Crippen LogP contribution in [0.25, 0.3) is 0 Å². The van der Waals surface area contributed by atoms with E-state index < -0.39 is 0 Å². The van der Waals surface area contributed by atoms with Crippen molar-refractivity contribution in [3.05, 3.63) is 28.8 Å². The lowest BCUT2D eigenvalue weighted by atomic mass is 9.81. The first-order valence-corrected chi connectivity index (χ1v) is 8.13. The van der Waals surface area contributed by atoms with Crippen molar-refractivity contribution in [2.24, 2.45) is 0 Å². The van der Waals surface area contributed by atoms with Crippen LogP contribution >= 0.6 is 0 Å². The Hall–Kier alpha value is -0.715. The minimum atomic E-state index is 1.01. The molecule has 0 fully saturated rings. The van der Waals surface area contributed by atoms with Gasteiger partial charge in [0.05, 0.1) is 0 Å². The van der Waals surface area contributed by atoms with Gasteiger partial charge < -0.3 is 0 Å². The fraction of sp³-hybridized carbons (Fsp3) is 0.667. The maximum Gasteiger partial charge on any atom is 0.114 e. The van der Waals surface area contributed by atoms with Crippen LogP contribution in [0, 0.1) is 0 Å². The van der Waals surface area contributed by atoms with Crippen molar-refractivity contribution in [2.75, 3.05) is 0 Å².